The van der Waals surface area contributed by atoms with Gasteiger partial charge in [-0.2, -0.15) is 5.10 Å². The minimum absolute atomic E-state index is 0.0700. The largest absolute Gasteiger partial charge is 0.340 e. The molecule has 2 saturated heterocycles. The number of hydrogen-bond acceptors (Lipinski definition) is 5. The standard InChI is InChI=1S/C15H24N6O3/c1-11(22)20-6-8-21(9-7-20)13(23)10-19-4-2-12(3-5-19)14-16-15(24)18-17-14/h12H,2-10H2,1H3,(H2,16,17,18,24). The molecule has 0 radical (unpaired) electrons. The van der Waals surface area contributed by atoms with E-state index in [4.69, 9.17) is 0 Å². The number of amides is 2. The van der Waals surface area contributed by atoms with Crippen LogP contribution < -0.4 is 5.69 Å². The maximum atomic E-state index is 12.4. The van der Waals surface area contributed by atoms with Gasteiger partial charge >= 0.3 is 5.69 Å². The predicted octanol–water partition coefficient (Wildman–Crippen LogP) is -1.03. The van der Waals surface area contributed by atoms with Gasteiger partial charge in [0.15, 0.2) is 0 Å². The first-order valence-corrected chi connectivity index (χ1v) is 8.43. The second-order valence-corrected chi connectivity index (χ2v) is 6.50. The number of hydrogen-bond donors (Lipinski definition) is 2. The second-order valence-electron chi connectivity index (χ2n) is 6.50. The highest BCUT2D eigenvalue weighted by Crippen LogP contribution is 2.24. The van der Waals surface area contributed by atoms with E-state index in [1.807, 2.05) is 4.90 Å². The molecule has 0 aromatic carbocycles. The fraction of sp³-hybridized carbons (Fsp3) is 0.733. The van der Waals surface area contributed by atoms with Crippen molar-refractivity contribution < 1.29 is 9.59 Å². The van der Waals surface area contributed by atoms with Crippen molar-refractivity contribution in [2.45, 2.75) is 25.7 Å². The molecule has 3 heterocycles. The predicted molar refractivity (Wildman–Crippen MR) is 86.5 cm³/mol. The summed E-state index contributed by atoms with van der Waals surface area (Å²) in [5.41, 5.74) is -0.271. The lowest BCUT2D eigenvalue weighted by atomic mass is 9.96. The van der Waals surface area contributed by atoms with Gasteiger partial charge in [0.25, 0.3) is 0 Å². The number of carbonyl (C=O) groups excluding carboxylic acids is 2. The van der Waals surface area contributed by atoms with Gasteiger partial charge in [0, 0.05) is 39.0 Å². The van der Waals surface area contributed by atoms with Crippen molar-refractivity contribution in [2.75, 3.05) is 45.8 Å². The fourth-order valence-corrected chi connectivity index (χ4v) is 3.40. The van der Waals surface area contributed by atoms with Crippen molar-refractivity contribution in [1.29, 1.82) is 0 Å². The minimum Gasteiger partial charge on any atom is -0.339 e. The van der Waals surface area contributed by atoms with Gasteiger partial charge < -0.3 is 9.80 Å². The van der Waals surface area contributed by atoms with E-state index >= 15 is 0 Å². The van der Waals surface area contributed by atoms with Crippen molar-refractivity contribution >= 4 is 11.8 Å². The monoisotopic (exact) mass is 336 g/mol. The van der Waals surface area contributed by atoms with Gasteiger partial charge in [-0.05, 0) is 25.9 Å². The number of rotatable bonds is 3. The van der Waals surface area contributed by atoms with Crippen LogP contribution in [0.1, 0.15) is 31.5 Å². The number of nitrogens with one attached hydrogen (secondary N) is 2. The summed E-state index contributed by atoms with van der Waals surface area (Å²) in [7, 11) is 0. The Morgan fingerprint density at radius 2 is 1.71 bits per heavy atom. The van der Waals surface area contributed by atoms with Crippen molar-refractivity contribution in [2.24, 2.45) is 0 Å². The zero-order chi connectivity index (χ0) is 17.1. The molecule has 9 nitrogen and oxygen atoms in total. The van der Waals surface area contributed by atoms with E-state index in [1.165, 1.54) is 0 Å². The molecule has 0 unspecified atom stereocenters. The first-order chi connectivity index (χ1) is 11.5. The summed E-state index contributed by atoms with van der Waals surface area (Å²) in [5.74, 6) is 1.16. The maximum absolute atomic E-state index is 12.4. The van der Waals surface area contributed by atoms with E-state index in [1.54, 1.807) is 11.8 Å². The number of nitrogens with zero attached hydrogens (tertiary/aromatic N) is 4. The summed E-state index contributed by atoms with van der Waals surface area (Å²) < 4.78 is 0. The number of piperidine rings is 1. The molecule has 1 aromatic rings. The van der Waals surface area contributed by atoms with Crippen LogP contribution in [-0.4, -0.2) is 87.5 Å². The van der Waals surface area contributed by atoms with Crippen LogP contribution in [0.5, 0.6) is 0 Å². The molecule has 9 heteroatoms. The van der Waals surface area contributed by atoms with Gasteiger partial charge in [0.1, 0.15) is 5.82 Å². The van der Waals surface area contributed by atoms with Crippen molar-refractivity contribution in [3.05, 3.63) is 16.3 Å². The van der Waals surface area contributed by atoms with Crippen molar-refractivity contribution in [3.63, 3.8) is 0 Å². The highest BCUT2D eigenvalue weighted by atomic mass is 16.2. The quantitative estimate of drug-likeness (QED) is 0.734. The number of H-pyrrole nitrogens is 2. The third-order valence-corrected chi connectivity index (χ3v) is 4.93. The molecule has 1 aromatic heterocycles. The van der Waals surface area contributed by atoms with Crippen LogP contribution in [0.2, 0.25) is 0 Å². The molecular formula is C15H24N6O3. The van der Waals surface area contributed by atoms with E-state index < -0.39 is 0 Å². The Balaban J connectivity index is 1.43. The topological polar surface area (TPSA) is 105 Å². The molecule has 2 aliphatic heterocycles. The van der Waals surface area contributed by atoms with Crippen LogP contribution in [-0.2, 0) is 9.59 Å². The van der Waals surface area contributed by atoms with Gasteiger partial charge in [-0.3, -0.25) is 19.5 Å². The van der Waals surface area contributed by atoms with Gasteiger partial charge in [0.05, 0.1) is 6.54 Å². The fourth-order valence-electron chi connectivity index (χ4n) is 3.40. The zero-order valence-corrected chi connectivity index (χ0v) is 14.0. The Hall–Kier alpha value is -2.16. The molecule has 2 fully saturated rings. The number of likely N-dealkylation sites (tertiary alicyclic amines) is 1. The lowest BCUT2D eigenvalue weighted by Crippen LogP contribution is -2.52. The van der Waals surface area contributed by atoms with Crippen LogP contribution in [0.4, 0.5) is 0 Å². The normalized spacial score (nSPS) is 20.4. The highest BCUT2D eigenvalue weighted by Gasteiger charge is 2.27. The number of aromatic nitrogens is 3. The van der Waals surface area contributed by atoms with E-state index in [-0.39, 0.29) is 23.4 Å². The second kappa shape index (κ2) is 7.16. The molecule has 3 rings (SSSR count). The first kappa shape index (κ1) is 16.7. The van der Waals surface area contributed by atoms with Gasteiger partial charge in [-0.15, -0.1) is 0 Å². The lowest BCUT2D eigenvalue weighted by Gasteiger charge is -2.36. The Morgan fingerprint density at radius 1 is 1.08 bits per heavy atom. The van der Waals surface area contributed by atoms with Gasteiger partial charge in [0.2, 0.25) is 11.8 Å². The molecule has 0 atom stereocenters. The lowest BCUT2D eigenvalue weighted by molar-refractivity contribution is -0.139. The molecule has 0 aliphatic carbocycles. The molecule has 0 bridgehead atoms. The number of carbonyl (C=O) groups is 2. The van der Waals surface area contributed by atoms with Crippen LogP contribution in [0.25, 0.3) is 0 Å². The molecule has 2 N–H and O–H groups in total. The number of piperazine rings is 1. The van der Waals surface area contributed by atoms with Gasteiger partial charge in [-0.25, -0.2) is 9.89 Å². The van der Waals surface area contributed by atoms with E-state index in [0.29, 0.717) is 38.5 Å². The summed E-state index contributed by atoms with van der Waals surface area (Å²) in [6.45, 7) is 6.09. The summed E-state index contributed by atoms with van der Waals surface area (Å²) in [6, 6.07) is 0. The molecule has 2 aliphatic rings. The Labute approximate surface area is 140 Å². The van der Waals surface area contributed by atoms with Crippen molar-refractivity contribution in [3.8, 4) is 0 Å². The van der Waals surface area contributed by atoms with E-state index in [0.717, 1.165) is 25.9 Å². The average Bonchev–Trinajstić information content (AvgIpc) is 3.02. The Bertz CT molecular complexity index is 638. The molecule has 132 valence electrons. The Morgan fingerprint density at radius 3 is 2.25 bits per heavy atom. The summed E-state index contributed by atoms with van der Waals surface area (Å²) >= 11 is 0. The van der Waals surface area contributed by atoms with E-state index in [2.05, 4.69) is 20.1 Å². The van der Waals surface area contributed by atoms with Crippen LogP contribution in [0.15, 0.2) is 4.79 Å². The third-order valence-electron chi connectivity index (χ3n) is 4.93. The highest BCUT2D eigenvalue weighted by molar-refractivity contribution is 5.79. The smallest absolute Gasteiger partial charge is 0.339 e. The molecule has 0 spiro atoms. The van der Waals surface area contributed by atoms with Gasteiger partial charge in [-0.1, -0.05) is 0 Å². The average molecular weight is 336 g/mol. The summed E-state index contributed by atoms with van der Waals surface area (Å²) in [6.07, 6.45) is 1.76. The summed E-state index contributed by atoms with van der Waals surface area (Å²) in [5, 5.41) is 6.40. The van der Waals surface area contributed by atoms with Crippen LogP contribution >= 0.6 is 0 Å². The maximum Gasteiger partial charge on any atom is 0.340 e. The zero-order valence-electron chi connectivity index (χ0n) is 14.0. The number of aromatic amines is 2. The van der Waals surface area contributed by atoms with E-state index in [9.17, 15) is 14.4 Å². The molecule has 24 heavy (non-hydrogen) atoms. The molecular weight excluding hydrogens is 312 g/mol. The molecule has 2 amide bonds. The SMILES string of the molecule is CC(=O)N1CCN(C(=O)CN2CCC(c3n[nH]c(=O)[nH]3)CC2)CC1. The third kappa shape index (κ3) is 3.84. The minimum atomic E-state index is -0.271. The Kier molecular flexibility index (Phi) is 4.98. The summed E-state index contributed by atoms with van der Waals surface area (Å²) in [4.78, 5) is 43.4. The van der Waals surface area contributed by atoms with Crippen LogP contribution in [0, 0.1) is 0 Å². The first-order valence-electron chi connectivity index (χ1n) is 8.43. The van der Waals surface area contributed by atoms with Crippen LogP contribution in [0.3, 0.4) is 0 Å². The van der Waals surface area contributed by atoms with Crippen molar-refractivity contribution in [1.82, 2.24) is 29.9 Å². The molecule has 0 saturated carbocycles.